The molecule has 13 heavy (non-hydrogen) atoms. The normalized spacial score (nSPS) is 23.6. The second-order valence-electron chi connectivity index (χ2n) is 3.53. The predicted molar refractivity (Wildman–Crippen MR) is 55.7 cm³/mol. The first-order valence-corrected chi connectivity index (χ1v) is 5.22. The molecule has 0 amide bonds. The molecule has 2 rings (SSSR count). The van der Waals surface area contributed by atoms with Crippen LogP contribution >= 0.6 is 11.6 Å². The Balaban J connectivity index is 1.98. The van der Waals surface area contributed by atoms with Crippen LogP contribution in [0.1, 0.15) is 18.4 Å². The third kappa shape index (κ3) is 2.23. The smallest absolute Gasteiger partial charge is 0.0853 e. The zero-order chi connectivity index (χ0) is 9.10. The highest BCUT2D eigenvalue weighted by atomic mass is 35.5. The lowest BCUT2D eigenvalue weighted by atomic mass is 10.2. The Morgan fingerprint density at radius 3 is 2.69 bits per heavy atom. The average Bonchev–Trinajstić information content (AvgIpc) is 2.54. The second kappa shape index (κ2) is 4.12. The minimum Gasteiger partial charge on any atom is -0.283 e. The average molecular weight is 196 g/mol. The summed E-state index contributed by atoms with van der Waals surface area (Å²) < 4.78 is 0. The van der Waals surface area contributed by atoms with E-state index in [0.29, 0.717) is 0 Å². The summed E-state index contributed by atoms with van der Waals surface area (Å²) >= 11 is 6.15. The van der Waals surface area contributed by atoms with Gasteiger partial charge in [-0.1, -0.05) is 30.3 Å². The summed E-state index contributed by atoms with van der Waals surface area (Å²) in [6, 6.07) is 10.5. The minimum absolute atomic E-state index is 0.250. The van der Waals surface area contributed by atoms with Gasteiger partial charge in [0, 0.05) is 6.54 Å². The molecule has 0 bridgehead atoms. The van der Waals surface area contributed by atoms with Crippen LogP contribution in [0.2, 0.25) is 0 Å². The lowest BCUT2D eigenvalue weighted by Gasteiger charge is -2.18. The van der Waals surface area contributed by atoms with Crippen LogP contribution in [-0.4, -0.2) is 16.9 Å². The quantitative estimate of drug-likeness (QED) is 0.518. The maximum absolute atomic E-state index is 6.15. The molecule has 0 radical (unpaired) electrons. The van der Waals surface area contributed by atoms with E-state index in [9.17, 15) is 0 Å². The molecule has 1 fully saturated rings. The monoisotopic (exact) mass is 195 g/mol. The lowest BCUT2D eigenvalue weighted by Crippen LogP contribution is -2.24. The molecule has 1 aliphatic rings. The van der Waals surface area contributed by atoms with Crippen LogP contribution < -0.4 is 0 Å². The number of rotatable bonds is 2. The van der Waals surface area contributed by atoms with Gasteiger partial charge in [-0.3, -0.25) is 4.90 Å². The summed E-state index contributed by atoms with van der Waals surface area (Å²) in [7, 11) is 0. The summed E-state index contributed by atoms with van der Waals surface area (Å²) in [6.07, 6.45) is 2.37. The van der Waals surface area contributed by atoms with E-state index in [2.05, 4.69) is 29.2 Å². The molecule has 0 saturated carbocycles. The first-order chi connectivity index (χ1) is 6.36. The third-order valence-electron chi connectivity index (χ3n) is 2.51. The Morgan fingerprint density at radius 2 is 2.08 bits per heavy atom. The Labute approximate surface area is 84.3 Å². The molecule has 1 aliphatic heterocycles. The van der Waals surface area contributed by atoms with E-state index in [-0.39, 0.29) is 5.50 Å². The first-order valence-electron chi connectivity index (χ1n) is 4.78. The third-order valence-corrected chi connectivity index (χ3v) is 3.01. The number of halogens is 1. The zero-order valence-electron chi connectivity index (χ0n) is 7.62. The van der Waals surface area contributed by atoms with E-state index in [4.69, 9.17) is 11.6 Å². The highest BCUT2D eigenvalue weighted by Crippen LogP contribution is 2.22. The zero-order valence-corrected chi connectivity index (χ0v) is 8.37. The van der Waals surface area contributed by atoms with Gasteiger partial charge in [0.25, 0.3) is 0 Å². The molecule has 1 aromatic rings. The van der Waals surface area contributed by atoms with E-state index < -0.39 is 0 Å². The summed E-state index contributed by atoms with van der Waals surface area (Å²) in [5, 5.41) is 0. The van der Waals surface area contributed by atoms with Crippen LogP contribution in [-0.2, 0) is 6.54 Å². The minimum atomic E-state index is 0.250. The lowest BCUT2D eigenvalue weighted by molar-refractivity contribution is 0.304. The summed E-state index contributed by atoms with van der Waals surface area (Å²) in [6.45, 7) is 2.14. The molecule has 70 valence electrons. The van der Waals surface area contributed by atoms with Crippen LogP contribution in [0.5, 0.6) is 0 Å². The molecule has 0 aliphatic carbocycles. The summed E-state index contributed by atoms with van der Waals surface area (Å²) in [5.74, 6) is 0. The standard InChI is InChI=1S/C11H14ClN/c12-11-7-4-8-13(11)9-10-5-2-1-3-6-10/h1-3,5-6,11H,4,7-9H2. The fourth-order valence-electron chi connectivity index (χ4n) is 1.78. The Hall–Kier alpha value is -0.530. The van der Waals surface area contributed by atoms with Crippen molar-refractivity contribution in [3.63, 3.8) is 0 Å². The summed E-state index contributed by atoms with van der Waals surface area (Å²) in [4.78, 5) is 2.33. The Morgan fingerprint density at radius 1 is 1.31 bits per heavy atom. The molecular weight excluding hydrogens is 182 g/mol. The van der Waals surface area contributed by atoms with Gasteiger partial charge in [-0.15, -0.1) is 11.6 Å². The van der Waals surface area contributed by atoms with Crippen molar-refractivity contribution >= 4 is 11.6 Å². The van der Waals surface area contributed by atoms with Gasteiger partial charge in [-0.05, 0) is 24.9 Å². The van der Waals surface area contributed by atoms with Gasteiger partial charge < -0.3 is 0 Å². The molecule has 1 heterocycles. The van der Waals surface area contributed by atoms with Gasteiger partial charge in [0.05, 0.1) is 5.50 Å². The molecule has 1 atom stereocenters. The summed E-state index contributed by atoms with van der Waals surface area (Å²) in [5.41, 5.74) is 1.61. The number of alkyl halides is 1. The Bertz CT molecular complexity index is 260. The van der Waals surface area contributed by atoms with Crippen LogP contribution in [0, 0.1) is 0 Å². The number of benzene rings is 1. The number of hydrogen-bond donors (Lipinski definition) is 0. The molecule has 0 N–H and O–H groups in total. The van der Waals surface area contributed by atoms with Gasteiger partial charge in [0.2, 0.25) is 0 Å². The molecule has 1 unspecified atom stereocenters. The number of hydrogen-bond acceptors (Lipinski definition) is 1. The molecule has 2 heteroatoms. The maximum atomic E-state index is 6.15. The maximum Gasteiger partial charge on any atom is 0.0853 e. The number of likely N-dealkylation sites (tertiary alicyclic amines) is 1. The van der Waals surface area contributed by atoms with E-state index in [0.717, 1.165) is 19.5 Å². The van der Waals surface area contributed by atoms with Gasteiger partial charge >= 0.3 is 0 Å². The van der Waals surface area contributed by atoms with E-state index in [1.807, 2.05) is 6.07 Å². The highest BCUT2D eigenvalue weighted by Gasteiger charge is 2.21. The molecule has 1 nitrogen and oxygen atoms in total. The van der Waals surface area contributed by atoms with E-state index in [1.165, 1.54) is 12.0 Å². The van der Waals surface area contributed by atoms with Crippen molar-refractivity contribution in [2.24, 2.45) is 0 Å². The van der Waals surface area contributed by atoms with Crippen molar-refractivity contribution in [1.82, 2.24) is 4.90 Å². The molecule has 1 aromatic carbocycles. The molecule has 1 saturated heterocycles. The van der Waals surface area contributed by atoms with Crippen molar-refractivity contribution in [2.45, 2.75) is 24.9 Å². The predicted octanol–water partition coefficient (Wildman–Crippen LogP) is 2.85. The fraction of sp³-hybridized carbons (Fsp3) is 0.455. The van der Waals surface area contributed by atoms with Gasteiger partial charge in [-0.25, -0.2) is 0 Å². The number of nitrogens with zero attached hydrogens (tertiary/aromatic N) is 1. The topological polar surface area (TPSA) is 3.24 Å². The van der Waals surface area contributed by atoms with Crippen molar-refractivity contribution in [3.8, 4) is 0 Å². The van der Waals surface area contributed by atoms with Gasteiger partial charge in [0.15, 0.2) is 0 Å². The SMILES string of the molecule is ClC1CCCN1Cc1ccccc1. The largest absolute Gasteiger partial charge is 0.283 e. The van der Waals surface area contributed by atoms with Crippen LogP contribution in [0.25, 0.3) is 0 Å². The van der Waals surface area contributed by atoms with E-state index >= 15 is 0 Å². The molecular formula is C11H14ClN. The van der Waals surface area contributed by atoms with Gasteiger partial charge in [0.1, 0.15) is 0 Å². The molecule has 0 spiro atoms. The fourth-order valence-corrected chi connectivity index (χ4v) is 2.10. The molecule has 0 aromatic heterocycles. The van der Waals surface area contributed by atoms with Crippen molar-refractivity contribution < 1.29 is 0 Å². The second-order valence-corrected chi connectivity index (χ2v) is 4.04. The Kier molecular flexibility index (Phi) is 2.87. The van der Waals surface area contributed by atoms with Crippen molar-refractivity contribution in [3.05, 3.63) is 35.9 Å². The van der Waals surface area contributed by atoms with Crippen LogP contribution in [0.4, 0.5) is 0 Å². The van der Waals surface area contributed by atoms with Crippen LogP contribution in [0.3, 0.4) is 0 Å². The van der Waals surface area contributed by atoms with Crippen molar-refractivity contribution in [2.75, 3.05) is 6.54 Å². The highest BCUT2D eigenvalue weighted by molar-refractivity contribution is 6.20. The first kappa shape index (κ1) is 9.04. The van der Waals surface area contributed by atoms with E-state index in [1.54, 1.807) is 0 Å². The van der Waals surface area contributed by atoms with Gasteiger partial charge in [-0.2, -0.15) is 0 Å². The van der Waals surface area contributed by atoms with Crippen LogP contribution in [0.15, 0.2) is 30.3 Å². The van der Waals surface area contributed by atoms with Crippen molar-refractivity contribution in [1.29, 1.82) is 0 Å².